The number of anilines is 1. The van der Waals surface area contributed by atoms with E-state index in [1.165, 1.54) is 0 Å². The first-order valence-corrected chi connectivity index (χ1v) is 7.17. The Bertz CT molecular complexity index is 897. The topological polar surface area (TPSA) is 62.1 Å². The van der Waals surface area contributed by atoms with Gasteiger partial charge in [-0.1, -0.05) is 42.5 Å². The van der Waals surface area contributed by atoms with Gasteiger partial charge in [-0.05, 0) is 35.0 Å². The van der Waals surface area contributed by atoms with Crippen LogP contribution >= 0.6 is 0 Å². The van der Waals surface area contributed by atoms with Crippen LogP contribution in [0, 0.1) is 11.3 Å². The number of hydrogen-bond acceptors (Lipinski definition) is 3. The van der Waals surface area contributed by atoms with E-state index in [0.717, 1.165) is 10.8 Å². The van der Waals surface area contributed by atoms with Crippen molar-refractivity contribution in [3.8, 4) is 11.8 Å². The molecule has 0 radical (unpaired) electrons. The van der Waals surface area contributed by atoms with Crippen molar-refractivity contribution in [1.82, 2.24) is 0 Å². The Balaban J connectivity index is 1.65. The molecule has 112 valence electrons. The van der Waals surface area contributed by atoms with Crippen LogP contribution in [0.3, 0.4) is 0 Å². The van der Waals surface area contributed by atoms with E-state index < -0.39 is 0 Å². The summed E-state index contributed by atoms with van der Waals surface area (Å²) in [6.45, 7) is -0.147. The molecule has 0 aliphatic rings. The average Bonchev–Trinajstić information content (AvgIpc) is 2.60. The molecule has 0 heterocycles. The Morgan fingerprint density at radius 1 is 1.00 bits per heavy atom. The second-order valence-electron chi connectivity index (χ2n) is 5.01. The Kier molecular flexibility index (Phi) is 4.21. The number of nitrogens with zero attached hydrogens (tertiary/aromatic N) is 1. The molecular weight excluding hydrogens is 288 g/mol. The molecule has 4 nitrogen and oxygen atoms in total. The summed E-state index contributed by atoms with van der Waals surface area (Å²) < 4.78 is 5.41. The van der Waals surface area contributed by atoms with Crippen LogP contribution in [0.1, 0.15) is 5.56 Å². The van der Waals surface area contributed by atoms with Crippen molar-refractivity contribution in [3.05, 3.63) is 72.3 Å². The van der Waals surface area contributed by atoms with Gasteiger partial charge >= 0.3 is 0 Å². The van der Waals surface area contributed by atoms with Crippen molar-refractivity contribution >= 4 is 22.4 Å². The van der Waals surface area contributed by atoms with Crippen LogP contribution in [0.2, 0.25) is 0 Å². The number of para-hydroxylation sites is 1. The van der Waals surface area contributed by atoms with Gasteiger partial charge in [-0.25, -0.2) is 0 Å². The molecule has 1 N–H and O–H groups in total. The van der Waals surface area contributed by atoms with Crippen LogP contribution in [0.25, 0.3) is 10.8 Å². The van der Waals surface area contributed by atoms with Crippen molar-refractivity contribution in [2.75, 3.05) is 11.9 Å². The number of amides is 1. The van der Waals surface area contributed by atoms with E-state index in [1.807, 2.05) is 48.5 Å². The zero-order chi connectivity index (χ0) is 16.1. The maximum absolute atomic E-state index is 12.0. The van der Waals surface area contributed by atoms with Crippen LogP contribution in [0.15, 0.2) is 66.7 Å². The fraction of sp³-hybridized carbons (Fsp3) is 0.0526. The van der Waals surface area contributed by atoms with Gasteiger partial charge in [0.05, 0.1) is 5.56 Å². The molecule has 23 heavy (non-hydrogen) atoms. The van der Waals surface area contributed by atoms with Crippen LogP contribution in [-0.4, -0.2) is 12.5 Å². The zero-order valence-electron chi connectivity index (χ0n) is 12.3. The fourth-order valence-corrected chi connectivity index (χ4v) is 2.29. The summed E-state index contributed by atoms with van der Waals surface area (Å²) in [5.74, 6) is 0.136. The first-order valence-electron chi connectivity index (χ1n) is 7.17. The molecule has 0 aromatic heterocycles. The number of fused-ring (bicyclic) bond motifs is 1. The summed E-state index contributed by atoms with van der Waals surface area (Å²) in [4.78, 5) is 12.0. The van der Waals surface area contributed by atoms with Crippen molar-refractivity contribution in [3.63, 3.8) is 0 Å². The summed E-state index contributed by atoms with van der Waals surface area (Å²) in [6, 6.07) is 22.5. The van der Waals surface area contributed by atoms with Gasteiger partial charge in [-0.2, -0.15) is 5.26 Å². The predicted molar refractivity (Wildman–Crippen MR) is 89.2 cm³/mol. The van der Waals surface area contributed by atoms with Gasteiger partial charge in [-0.15, -0.1) is 0 Å². The highest BCUT2D eigenvalue weighted by molar-refractivity contribution is 5.95. The van der Waals surface area contributed by atoms with Gasteiger partial charge in [0, 0.05) is 5.69 Å². The van der Waals surface area contributed by atoms with Crippen molar-refractivity contribution < 1.29 is 9.53 Å². The van der Waals surface area contributed by atoms with Gasteiger partial charge in [-0.3, -0.25) is 4.79 Å². The number of ether oxygens (including phenoxy) is 1. The number of nitriles is 1. The normalized spacial score (nSPS) is 10.0. The number of benzene rings is 3. The van der Waals surface area contributed by atoms with Gasteiger partial charge in [0.25, 0.3) is 5.91 Å². The van der Waals surface area contributed by atoms with Crippen LogP contribution in [-0.2, 0) is 4.79 Å². The van der Waals surface area contributed by atoms with Crippen LogP contribution in [0.5, 0.6) is 5.75 Å². The molecule has 0 saturated carbocycles. The van der Waals surface area contributed by atoms with E-state index in [0.29, 0.717) is 17.0 Å². The maximum Gasteiger partial charge on any atom is 0.262 e. The molecule has 3 aromatic rings. The number of carbonyl (C=O) groups is 1. The zero-order valence-corrected chi connectivity index (χ0v) is 12.3. The smallest absolute Gasteiger partial charge is 0.262 e. The monoisotopic (exact) mass is 302 g/mol. The minimum atomic E-state index is -0.270. The van der Waals surface area contributed by atoms with E-state index in [4.69, 9.17) is 10.00 Å². The van der Waals surface area contributed by atoms with E-state index in [-0.39, 0.29) is 12.5 Å². The number of nitrogens with one attached hydrogen (secondary N) is 1. The molecule has 0 bridgehead atoms. The Morgan fingerprint density at radius 3 is 2.57 bits per heavy atom. The largest absolute Gasteiger partial charge is 0.482 e. The fourth-order valence-electron chi connectivity index (χ4n) is 2.29. The van der Waals surface area contributed by atoms with Crippen molar-refractivity contribution in [2.45, 2.75) is 0 Å². The molecule has 0 spiro atoms. The lowest BCUT2D eigenvalue weighted by atomic mass is 10.1. The second-order valence-corrected chi connectivity index (χ2v) is 5.01. The molecule has 0 unspecified atom stereocenters. The van der Waals surface area contributed by atoms with Gasteiger partial charge < -0.3 is 10.1 Å². The molecule has 0 saturated heterocycles. The van der Waals surface area contributed by atoms with E-state index in [1.54, 1.807) is 24.3 Å². The Morgan fingerprint density at radius 2 is 1.74 bits per heavy atom. The third-order valence-corrected chi connectivity index (χ3v) is 3.40. The minimum absolute atomic E-state index is 0.147. The Hall–Kier alpha value is -3.32. The third kappa shape index (κ3) is 3.47. The lowest BCUT2D eigenvalue weighted by molar-refractivity contribution is -0.118. The summed E-state index contributed by atoms with van der Waals surface area (Å²) in [6.07, 6.45) is 0. The molecule has 3 rings (SSSR count). The number of hydrogen-bond donors (Lipinski definition) is 1. The Labute approximate surface area is 133 Å². The molecule has 0 aliphatic heterocycles. The first-order chi connectivity index (χ1) is 11.3. The quantitative estimate of drug-likeness (QED) is 0.798. The lowest BCUT2D eigenvalue weighted by Gasteiger charge is -2.09. The minimum Gasteiger partial charge on any atom is -0.482 e. The van der Waals surface area contributed by atoms with E-state index in [2.05, 4.69) is 5.32 Å². The van der Waals surface area contributed by atoms with E-state index in [9.17, 15) is 4.79 Å². The molecule has 1 amide bonds. The lowest BCUT2D eigenvalue weighted by Crippen LogP contribution is -2.20. The SMILES string of the molecule is N#Cc1ccccc1OCC(=O)Nc1ccc2ccccc2c1. The highest BCUT2D eigenvalue weighted by atomic mass is 16.5. The van der Waals surface area contributed by atoms with Gasteiger partial charge in [0.1, 0.15) is 11.8 Å². The van der Waals surface area contributed by atoms with Gasteiger partial charge in [0.15, 0.2) is 6.61 Å². The molecule has 0 atom stereocenters. The van der Waals surface area contributed by atoms with Crippen molar-refractivity contribution in [2.24, 2.45) is 0 Å². The third-order valence-electron chi connectivity index (χ3n) is 3.40. The molecule has 0 aliphatic carbocycles. The first kappa shape index (κ1) is 14.6. The molecule has 3 aromatic carbocycles. The summed E-state index contributed by atoms with van der Waals surface area (Å²) in [5, 5.41) is 14.0. The van der Waals surface area contributed by atoms with E-state index >= 15 is 0 Å². The molecule has 0 fully saturated rings. The van der Waals surface area contributed by atoms with Gasteiger partial charge in [0.2, 0.25) is 0 Å². The highest BCUT2D eigenvalue weighted by Crippen LogP contribution is 2.19. The number of rotatable bonds is 4. The summed E-state index contributed by atoms with van der Waals surface area (Å²) in [5.41, 5.74) is 1.12. The standard InChI is InChI=1S/C19H14N2O2/c20-12-16-7-3-4-8-18(16)23-13-19(22)21-17-10-9-14-5-1-2-6-15(14)11-17/h1-11H,13H2,(H,21,22). The van der Waals surface area contributed by atoms with Crippen molar-refractivity contribution in [1.29, 1.82) is 5.26 Å². The van der Waals surface area contributed by atoms with Crippen LogP contribution in [0.4, 0.5) is 5.69 Å². The molecular formula is C19H14N2O2. The predicted octanol–water partition coefficient (Wildman–Crippen LogP) is 3.73. The average molecular weight is 302 g/mol. The maximum atomic E-state index is 12.0. The second kappa shape index (κ2) is 6.63. The highest BCUT2D eigenvalue weighted by Gasteiger charge is 2.07. The van der Waals surface area contributed by atoms with Crippen LogP contribution < -0.4 is 10.1 Å². The summed E-state index contributed by atoms with van der Waals surface area (Å²) in [7, 11) is 0. The summed E-state index contributed by atoms with van der Waals surface area (Å²) >= 11 is 0. The number of carbonyl (C=O) groups excluding carboxylic acids is 1. The molecule has 4 heteroatoms.